The van der Waals surface area contributed by atoms with E-state index in [1.807, 2.05) is 42.6 Å². The molecule has 1 aromatic heterocycles. The lowest BCUT2D eigenvalue weighted by Gasteiger charge is -2.28. The van der Waals surface area contributed by atoms with Crippen molar-refractivity contribution in [3.63, 3.8) is 0 Å². The summed E-state index contributed by atoms with van der Waals surface area (Å²) in [6, 6.07) is 13.9. The van der Waals surface area contributed by atoms with Gasteiger partial charge in [0.2, 0.25) is 5.91 Å². The van der Waals surface area contributed by atoms with Crippen molar-refractivity contribution in [3.8, 4) is 16.9 Å². The Morgan fingerprint density at radius 1 is 1.02 bits per heavy atom. The van der Waals surface area contributed by atoms with Crippen LogP contribution in [-0.2, 0) is 28.0 Å². The molecule has 5 rings (SSSR count). The number of halogens is 2. The molecule has 1 amide bonds. The van der Waals surface area contributed by atoms with E-state index < -0.39 is 31.0 Å². The van der Waals surface area contributed by atoms with Crippen LogP contribution in [0.3, 0.4) is 0 Å². The summed E-state index contributed by atoms with van der Waals surface area (Å²) in [5.74, 6) is 0.579. The molecule has 0 radical (unpaired) electrons. The highest BCUT2D eigenvalue weighted by molar-refractivity contribution is 6.34. The van der Waals surface area contributed by atoms with E-state index in [1.165, 1.54) is 11.9 Å². The molecule has 2 aliphatic rings. The third-order valence-corrected chi connectivity index (χ3v) is 10.0. The quantitative estimate of drug-likeness (QED) is 0.108. The van der Waals surface area contributed by atoms with E-state index in [-0.39, 0.29) is 30.5 Å². The molecule has 2 aromatic carbocycles. The maximum Gasteiger partial charge on any atom is 0.222 e. The summed E-state index contributed by atoms with van der Waals surface area (Å²) in [4.78, 5) is 18.3. The number of likely N-dealkylation sites (N-methyl/N-ethyl adjacent to an activating group) is 1. The SMILES string of the molecule is CN(CC(O)C(O)C(O)C(O)CO)C(=O)CCCCc1cc(Cl)c(CNC2(c3cnccc3-c3ccccc3OC3COC3)CC2)cc1Cl. The number of amides is 1. The lowest BCUT2D eigenvalue weighted by molar-refractivity contribution is -0.138. The Kier molecular flexibility index (Phi) is 12.9. The second-order valence-corrected chi connectivity index (χ2v) is 13.8. The van der Waals surface area contributed by atoms with Crippen molar-refractivity contribution in [3.05, 3.63) is 81.6 Å². The number of nitrogens with zero attached hydrogens (tertiary/aromatic N) is 2. The van der Waals surface area contributed by atoms with Gasteiger partial charge in [0, 0.05) is 60.1 Å². The van der Waals surface area contributed by atoms with Crippen molar-refractivity contribution in [1.82, 2.24) is 15.2 Å². The molecule has 4 atom stereocenters. The number of hydrogen-bond acceptors (Lipinski definition) is 10. The van der Waals surface area contributed by atoms with Gasteiger partial charge in [-0.2, -0.15) is 0 Å². The topological polar surface area (TPSA) is 165 Å². The first kappa shape index (κ1) is 37.4. The summed E-state index contributed by atoms with van der Waals surface area (Å²) >= 11 is 13.5. The smallest absolute Gasteiger partial charge is 0.222 e. The molecule has 3 aromatic rings. The van der Waals surface area contributed by atoms with Crippen molar-refractivity contribution in [1.29, 1.82) is 0 Å². The number of aryl methyl sites for hydroxylation is 1. The maximum absolute atomic E-state index is 12.6. The number of carbonyl (C=O) groups is 1. The van der Waals surface area contributed by atoms with E-state index in [2.05, 4.69) is 16.4 Å². The molecule has 266 valence electrons. The third-order valence-electron chi connectivity index (χ3n) is 9.30. The van der Waals surface area contributed by atoms with Gasteiger partial charge in [-0.15, -0.1) is 0 Å². The number of unbranched alkanes of at least 4 members (excludes halogenated alkanes) is 1. The predicted octanol–water partition coefficient (Wildman–Crippen LogP) is 3.22. The number of aromatic nitrogens is 1. The van der Waals surface area contributed by atoms with Crippen molar-refractivity contribution in [2.75, 3.05) is 33.4 Å². The van der Waals surface area contributed by atoms with Crippen LogP contribution < -0.4 is 10.1 Å². The van der Waals surface area contributed by atoms with Gasteiger partial charge >= 0.3 is 0 Å². The van der Waals surface area contributed by atoms with Crippen LogP contribution in [0, 0.1) is 0 Å². The highest BCUT2D eigenvalue weighted by Gasteiger charge is 2.46. The van der Waals surface area contributed by atoms with Crippen molar-refractivity contribution in [2.24, 2.45) is 0 Å². The van der Waals surface area contributed by atoms with Crippen molar-refractivity contribution < 1.29 is 39.8 Å². The number of ether oxygens (including phenoxy) is 2. The first-order chi connectivity index (χ1) is 23.5. The van der Waals surface area contributed by atoms with Gasteiger partial charge in [0.25, 0.3) is 0 Å². The minimum absolute atomic E-state index is 0.0571. The zero-order chi connectivity index (χ0) is 35.1. The fourth-order valence-corrected chi connectivity index (χ4v) is 6.52. The molecule has 1 aliphatic heterocycles. The molecule has 0 bridgehead atoms. The van der Waals surface area contributed by atoms with E-state index >= 15 is 0 Å². The van der Waals surface area contributed by atoms with Crippen LogP contribution in [-0.4, -0.2) is 105 Å². The van der Waals surface area contributed by atoms with Gasteiger partial charge in [-0.25, -0.2) is 0 Å². The predicted molar refractivity (Wildman–Crippen MR) is 185 cm³/mol. The molecule has 1 saturated heterocycles. The summed E-state index contributed by atoms with van der Waals surface area (Å²) in [7, 11) is 1.48. The fourth-order valence-electron chi connectivity index (χ4n) is 5.99. The van der Waals surface area contributed by atoms with Gasteiger partial charge in [0.15, 0.2) is 0 Å². The Balaban J connectivity index is 1.14. The Bertz CT molecular complexity index is 1570. The number of para-hydroxylation sites is 1. The second kappa shape index (κ2) is 16.9. The Hall–Kier alpha value is -2.84. The zero-order valence-corrected chi connectivity index (χ0v) is 29.0. The normalized spacial score (nSPS) is 17.9. The van der Waals surface area contributed by atoms with Gasteiger partial charge in [0.05, 0.1) is 19.8 Å². The maximum atomic E-state index is 12.6. The lowest BCUT2D eigenvalue weighted by Crippen LogP contribution is -2.49. The van der Waals surface area contributed by atoms with Gasteiger partial charge in [0.1, 0.15) is 36.3 Å². The minimum Gasteiger partial charge on any atom is -0.485 e. The van der Waals surface area contributed by atoms with Crippen molar-refractivity contribution >= 4 is 29.1 Å². The van der Waals surface area contributed by atoms with E-state index in [1.54, 1.807) is 6.20 Å². The van der Waals surface area contributed by atoms with Crippen LogP contribution >= 0.6 is 23.2 Å². The number of benzene rings is 2. The van der Waals surface area contributed by atoms with E-state index in [9.17, 15) is 25.2 Å². The molecule has 1 saturated carbocycles. The monoisotopic (exact) mass is 717 g/mol. The standard InChI is InChI=1S/C36H45Cl2N3O8/c1-41(18-30(43)34(46)35(47)31(44)19-42)33(45)9-5-2-6-22-14-29(38)23(15-28(22)37)16-40-36(11-12-36)27-17-39-13-10-25(27)26-7-3-4-8-32(26)49-24-20-48-21-24/h3-4,7-8,10,13-15,17,24,30-31,34-35,40,42-44,46-47H,2,5-6,9,11-12,16,18-21H2,1H3. The summed E-state index contributed by atoms with van der Waals surface area (Å²) in [5, 5.41) is 53.3. The van der Waals surface area contributed by atoms with Crippen LogP contribution in [0.1, 0.15) is 48.8 Å². The van der Waals surface area contributed by atoms with E-state index in [0.717, 1.165) is 46.4 Å². The average molecular weight is 719 g/mol. The first-order valence-corrected chi connectivity index (χ1v) is 17.4. The highest BCUT2D eigenvalue weighted by atomic mass is 35.5. The summed E-state index contributed by atoms with van der Waals surface area (Å²) in [6.45, 7) is 0.686. The molecule has 2 fully saturated rings. The summed E-state index contributed by atoms with van der Waals surface area (Å²) < 4.78 is 11.5. The molecule has 13 heteroatoms. The number of aliphatic hydroxyl groups is 5. The molecular formula is C36H45Cl2N3O8. The molecular weight excluding hydrogens is 673 g/mol. The van der Waals surface area contributed by atoms with Crippen LogP contribution in [0.2, 0.25) is 10.0 Å². The van der Waals surface area contributed by atoms with Gasteiger partial charge in [-0.1, -0.05) is 41.4 Å². The summed E-state index contributed by atoms with van der Waals surface area (Å²) in [6.07, 6.45) is 1.19. The van der Waals surface area contributed by atoms with E-state index in [0.29, 0.717) is 49.1 Å². The molecule has 1 aliphatic carbocycles. The number of rotatable bonds is 18. The van der Waals surface area contributed by atoms with Gasteiger partial charge in [-0.05, 0) is 78.6 Å². The Morgan fingerprint density at radius 2 is 1.71 bits per heavy atom. The number of pyridine rings is 1. The largest absolute Gasteiger partial charge is 0.485 e. The highest BCUT2D eigenvalue weighted by Crippen LogP contribution is 2.50. The Labute approximate surface area is 296 Å². The molecule has 2 heterocycles. The van der Waals surface area contributed by atoms with Crippen LogP contribution in [0.5, 0.6) is 5.75 Å². The van der Waals surface area contributed by atoms with Crippen LogP contribution in [0.4, 0.5) is 0 Å². The molecule has 4 unspecified atom stereocenters. The molecule has 0 spiro atoms. The number of aliphatic hydroxyl groups excluding tert-OH is 5. The first-order valence-electron chi connectivity index (χ1n) is 16.6. The van der Waals surface area contributed by atoms with Crippen LogP contribution in [0.25, 0.3) is 11.1 Å². The number of hydrogen-bond donors (Lipinski definition) is 6. The lowest BCUT2D eigenvalue weighted by atomic mass is 9.94. The minimum atomic E-state index is -1.74. The number of nitrogens with one attached hydrogen (secondary N) is 1. The van der Waals surface area contributed by atoms with Gasteiger partial charge < -0.3 is 45.2 Å². The second-order valence-electron chi connectivity index (χ2n) is 12.9. The molecule has 49 heavy (non-hydrogen) atoms. The summed E-state index contributed by atoms with van der Waals surface area (Å²) in [5.41, 5.74) is 4.72. The van der Waals surface area contributed by atoms with Crippen molar-refractivity contribution in [2.45, 2.75) is 81.1 Å². The van der Waals surface area contributed by atoms with Gasteiger partial charge in [-0.3, -0.25) is 9.78 Å². The zero-order valence-electron chi connectivity index (χ0n) is 27.5. The van der Waals surface area contributed by atoms with E-state index in [4.69, 9.17) is 37.8 Å². The molecule has 6 N–H and O–H groups in total. The Morgan fingerprint density at radius 3 is 2.41 bits per heavy atom. The number of carbonyl (C=O) groups excluding carboxylic acids is 1. The molecule has 11 nitrogen and oxygen atoms in total. The van der Waals surface area contributed by atoms with Crippen LogP contribution in [0.15, 0.2) is 54.9 Å². The third kappa shape index (κ3) is 9.29. The fraction of sp³-hybridized carbons (Fsp3) is 0.500. The average Bonchev–Trinajstić information content (AvgIpc) is 3.88.